The lowest BCUT2D eigenvalue weighted by Gasteiger charge is -2.12. The summed E-state index contributed by atoms with van der Waals surface area (Å²) >= 11 is 0. The van der Waals surface area contributed by atoms with Crippen LogP contribution >= 0.6 is 0 Å². The number of fused-ring (bicyclic) bond motifs is 1. The second kappa shape index (κ2) is 7.92. The van der Waals surface area contributed by atoms with Crippen molar-refractivity contribution in [2.75, 3.05) is 5.32 Å². The Bertz CT molecular complexity index is 1230. The highest BCUT2D eigenvalue weighted by molar-refractivity contribution is 7.92. The number of sulfone groups is 1. The topological polar surface area (TPSA) is 93.9 Å². The summed E-state index contributed by atoms with van der Waals surface area (Å²) in [5, 5.41) is 11.1. The number of carbonyl (C=O) groups is 1. The van der Waals surface area contributed by atoms with Gasteiger partial charge in [0.2, 0.25) is 0 Å². The van der Waals surface area contributed by atoms with Crippen LogP contribution in [-0.4, -0.2) is 34.3 Å². The van der Waals surface area contributed by atoms with Crippen LogP contribution in [0.5, 0.6) is 0 Å². The van der Waals surface area contributed by atoms with E-state index in [2.05, 4.69) is 20.1 Å². The van der Waals surface area contributed by atoms with Crippen LogP contribution in [0.15, 0.2) is 53.4 Å². The number of carbonyl (C=O) groups excluding carboxylic acids is 1. The van der Waals surface area contributed by atoms with Gasteiger partial charge in [0.1, 0.15) is 5.82 Å². The molecule has 8 heteroatoms. The summed E-state index contributed by atoms with van der Waals surface area (Å²) in [6.45, 7) is 0.907. The van der Waals surface area contributed by atoms with Gasteiger partial charge in [0, 0.05) is 29.8 Å². The molecule has 1 N–H and O–H groups in total. The Labute approximate surface area is 181 Å². The molecule has 2 heterocycles. The number of hydrogen-bond acceptors (Lipinski definition) is 5. The molecule has 0 bridgehead atoms. The number of aryl methyl sites for hydroxylation is 1. The molecule has 1 fully saturated rings. The number of anilines is 1. The lowest BCUT2D eigenvalue weighted by Crippen LogP contribution is -2.18. The maximum atomic E-state index is 12.7. The van der Waals surface area contributed by atoms with E-state index in [1.807, 2.05) is 24.3 Å². The monoisotopic (exact) mass is 436 g/mol. The van der Waals surface area contributed by atoms with Crippen molar-refractivity contribution in [3.05, 3.63) is 59.9 Å². The molecule has 2 aliphatic rings. The third kappa shape index (κ3) is 3.76. The highest BCUT2D eigenvalue weighted by Crippen LogP contribution is 2.30. The van der Waals surface area contributed by atoms with Crippen LogP contribution in [0.1, 0.15) is 48.3 Å². The zero-order valence-corrected chi connectivity index (χ0v) is 17.9. The van der Waals surface area contributed by atoms with Crippen molar-refractivity contribution in [3.8, 4) is 11.4 Å². The molecule has 5 rings (SSSR count). The molecule has 0 radical (unpaired) electrons. The van der Waals surface area contributed by atoms with Crippen LogP contribution in [0.3, 0.4) is 0 Å². The minimum atomic E-state index is -3.32. The Morgan fingerprint density at radius 3 is 2.55 bits per heavy atom. The summed E-state index contributed by atoms with van der Waals surface area (Å²) in [5.41, 5.74) is 1.97. The van der Waals surface area contributed by atoms with Gasteiger partial charge in [-0.05, 0) is 55.7 Å². The van der Waals surface area contributed by atoms with E-state index in [0.29, 0.717) is 16.1 Å². The van der Waals surface area contributed by atoms with Gasteiger partial charge in [0.05, 0.1) is 10.1 Å². The van der Waals surface area contributed by atoms with Crippen molar-refractivity contribution >= 4 is 21.4 Å². The van der Waals surface area contributed by atoms with Crippen LogP contribution < -0.4 is 5.32 Å². The molecule has 1 saturated carbocycles. The van der Waals surface area contributed by atoms with Gasteiger partial charge in [-0.25, -0.2) is 8.42 Å². The molecule has 1 aliphatic carbocycles. The molecule has 0 atom stereocenters. The average Bonchev–Trinajstić information content (AvgIpc) is 3.52. The lowest BCUT2D eigenvalue weighted by atomic mass is 10.1. The number of nitrogens with zero attached hydrogens (tertiary/aromatic N) is 3. The van der Waals surface area contributed by atoms with E-state index >= 15 is 0 Å². The average molecular weight is 437 g/mol. The Kier molecular flexibility index (Phi) is 5.09. The Hall–Kier alpha value is -3.00. The van der Waals surface area contributed by atoms with Crippen molar-refractivity contribution < 1.29 is 13.2 Å². The van der Waals surface area contributed by atoms with E-state index in [-0.39, 0.29) is 11.2 Å². The third-order valence-electron chi connectivity index (χ3n) is 6.17. The summed E-state index contributed by atoms with van der Waals surface area (Å²) in [7, 11) is -3.32. The van der Waals surface area contributed by atoms with Gasteiger partial charge in [-0.15, -0.1) is 10.2 Å². The van der Waals surface area contributed by atoms with E-state index in [1.165, 1.54) is 0 Å². The molecular formula is C23H24N4O3S. The minimum Gasteiger partial charge on any atom is -0.322 e. The first-order valence-corrected chi connectivity index (χ1v) is 12.2. The second-order valence-electron chi connectivity index (χ2n) is 8.21. The molecule has 31 heavy (non-hydrogen) atoms. The maximum Gasteiger partial charge on any atom is 0.255 e. The van der Waals surface area contributed by atoms with Crippen molar-refractivity contribution in [1.29, 1.82) is 0 Å². The third-order valence-corrected chi connectivity index (χ3v) is 8.45. The van der Waals surface area contributed by atoms with Crippen LogP contribution in [0, 0.1) is 0 Å². The largest absolute Gasteiger partial charge is 0.322 e. The number of rotatable bonds is 5. The molecule has 160 valence electrons. The zero-order chi connectivity index (χ0) is 21.4. The molecule has 1 amide bonds. The summed E-state index contributed by atoms with van der Waals surface area (Å²) in [6, 6.07) is 13.8. The van der Waals surface area contributed by atoms with E-state index in [4.69, 9.17) is 0 Å². The fourth-order valence-corrected chi connectivity index (χ4v) is 6.34. The van der Waals surface area contributed by atoms with Gasteiger partial charge in [-0.2, -0.15) is 0 Å². The summed E-state index contributed by atoms with van der Waals surface area (Å²) < 4.78 is 27.6. The van der Waals surface area contributed by atoms with Crippen molar-refractivity contribution in [3.63, 3.8) is 0 Å². The molecule has 2 aromatic carbocycles. The number of benzene rings is 2. The fraction of sp³-hybridized carbons (Fsp3) is 0.348. The molecule has 3 aromatic rings. The second-order valence-corrected chi connectivity index (χ2v) is 10.4. The van der Waals surface area contributed by atoms with Crippen LogP contribution in [0.2, 0.25) is 0 Å². The number of amides is 1. The first-order chi connectivity index (χ1) is 15.0. The highest BCUT2D eigenvalue weighted by atomic mass is 32.2. The number of aromatic nitrogens is 3. The van der Waals surface area contributed by atoms with Gasteiger partial charge in [0.15, 0.2) is 15.7 Å². The summed E-state index contributed by atoms with van der Waals surface area (Å²) in [4.78, 5) is 13.0. The van der Waals surface area contributed by atoms with Gasteiger partial charge in [-0.1, -0.05) is 25.0 Å². The van der Waals surface area contributed by atoms with Crippen molar-refractivity contribution in [2.45, 2.75) is 55.2 Å². The first kappa shape index (κ1) is 19.9. The number of nitrogens with one attached hydrogen (secondary N) is 1. The Balaban J connectivity index is 1.32. The maximum absolute atomic E-state index is 12.7. The Morgan fingerprint density at radius 1 is 1.00 bits per heavy atom. The molecule has 1 aromatic heterocycles. The summed E-state index contributed by atoms with van der Waals surface area (Å²) in [5.74, 6) is 1.52. The molecular weight excluding hydrogens is 412 g/mol. The zero-order valence-electron chi connectivity index (χ0n) is 17.1. The minimum absolute atomic E-state index is 0.284. The van der Waals surface area contributed by atoms with E-state index in [0.717, 1.165) is 62.3 Å². The van der Waals surface area contributed by atoms with E-state index < -0.39 is 9.84 Å². The first-order valence-electron chi connectivity index (χ1n) is 10.7. The highest BCUT2D eigenvalue weighted by Gasteiger charge is 2.30. The van der Waals surface area contributed by atoms with Gasteiger partial charge in [0.25, 0.3) is 5.91 Å². The molecule has 1 aliphatic heterocycles. The summed E-state index contributed by atoms with van der Waals surface area (Å²) in [6.07, 6.45) is 5.37. The van der Waals surface area contributed by atoms with Gasteiger partial charge < -0.3 is 9.88 Å². The number of hydrogen-bond donors (Lipinski definition) is 1. The quantitative estimate of drug-likeness (QED) is 0.655. The fourth-order valence-electron chi connectivity index (χ4n) is 4.49. The van der Waals surface area contributed by atoms with Crippen LogP contribution in [-0.2, 0) is 22.8 Å². The van der Waals surface area contributed by atoms with Gasteiger partial charge in [-0.3, -0.25) is 4.79 Å². The molecule has 0 saturated heterocycles. The lowest BCUT2D eigenvalue weighted by molar-refractivity contribution is 0.102. The SMILES string of the molecule is O=C(Nc1cccc(-c2nnc3n2CCC3)c1)c1ccc(S(=O)(=O)C2CCCC2)cc1. The van der Waals surface area contributed by atoms with Gasteiger partial charge >= 0.3 is 0 Å². The predicted octanol–water partition coefficient (Wildman–Crippen LogP) is 3.86. The van der Waals surface area contributed by atoms with E-state index in [9.17, 15) is 13.2 Å². The molecule has 0 spiro atoms. The normalized spacial score (nSPS) is 16.4. The van der Waals surface area contributed by atoms with Crippen LogP contribution in [0.4, 0.5) is 5.69 Å². The van der Waals surface area contributed by atoms with Crippen molar-refractivity contribution in [1.82, 2.24) is 14.8 Å². The van der Waals surface area contributed by atoms with Crippen LogP contribution in [0.25, 0.3) is 11.4 Å². The van der Waals surface area contributed by atoms with E-state index in [1.54, 1.807) is 24.3 Å². The molecule has 0 unspecified atom stereocenters. The van der Waals surface area contributed by atoms with Crippen molar-refractivity contribution in [2.24, 2.45) is 0 Å². The Morgan fingerprint density at radius 2 is 1.77 bits per heavy atom. The molecule has 7 nitrogen and oxygen atoms in total. The predicted molar refractivity (Wildman–Crippen MR) is 118 cm³/mol. The standard InChI is InChI=1S/C23H24N4O3S/c28-23(16-10-12-20(13-11-16)31(29,30)19-7-1-2-8-19)24-18-6-3-5-17(15-18)22-26-25-21-9-4-14-27(21)22/h3,5-6,10-13,15,19H,1-2,4,7-9,14H2,(H,24,28). The smallest absolute Gasteiger partial charge is 0.255 e.